The average molecular weight is 209 g/mol. The Morgan fingerprint density at radius 1 is 1.29 bits per heavy atom. The van der Waals surface area contributed by atoms with Crippen LogP contribution in [0.15, 0.2) is 18.2 Å². The fourth-order valence-corrected chi connectivity index (χ4v) is 2.13. The van der Waals surface area contributed by atoms with Crippen molar-refractivity contribution in [2.75, 3.05) is 0 Å². The zero-order chi connectivity index (χ0) is 10.1. The average Bonchev–Trinajstić information content (AvgIpc) is 2.93. The molecule has 2 rings (SSSR count). The zero-order valence-corrected chi connectivity index (χ0v) is 9.64. The van der Waals surface area contributed by atoms with Crippen molar-refractivity contribution < 1.29 is 0 Å². The highest BCUT2D eigenvalue weighted by atomic mass is 35.5. The molecule has 0 aromatic heterocycles. The number of hydrogen-bond acceptors (Lipinski definition) is 0. The lowest BCUT2D eigenvalue weighted by atomic mass is 10.0. The maximum atomic E-state index is 6.37. The first-order valence-corrected chi connectivity index (χ1v) is 5.81. The first kappa shape index (κ1) is 10.0. The molecule has 0 spiro atoms. The summed E-state index contributed by atoms with van der Waals surface area (Å²) in [7, 11) is 0. The van der Waals surface area contributed by atoms with Crippen LogP contribution in [0.25, 0.3) is 0 Å². The van der Waals surface area contributed by atoms with Crippen LogP contribution < -0.4 is 0 Å². The van der Waals surface area contributed by atoms with E-state index >= 15 is 0 Å². The second-order valence-corrected chi connectivity index (χ2v) is 5.02. The smallest absolute Gasteiger partial charge is 0.0588 e. The highest BCUT2D eigenvalue weighted by Crippen LogP contribution is 2.40. The lowest BCUT2D eigenvalue weighted by molar-refractivity contribution is 0.706. The second kappa shape index (κ2) is 3.94. The van der Waals surface area contributed by atoms with Crippen molar-refractivity contribution in [3.05, 3.63) is 34.9 Å². The summed E-state index contributed by atoms with van der Waals surface area (Å²) < 4.78 is 0. The van der Waals surface area contributed by atoms with Gasteiger partial charge in [-0.15, -0.1) is 11.6 Å². The maximum absolute atomic E-state index is 6.37. The third kappa shape index (κ3) is 2.30. The molecule has 0 amide bonds. The van der Waals surface area contributed by atoms with Gasteiger partial charge in [-0.05, 0) is 42.9 Å². The molecule has 0 bridgehead atoms. The van der Waals surface area contributed by atoms with Crippen LogP contribution in [0.1, 0.15) is 41.3 Å². The lowest BCUT2D eigenvalue weighted by Gasteiger charge is -2.10. The minimum atomic E-state index is 0.224. The van der Waals surface area contributed by atoms with Crippen LogP contribution in [0.3, 0.4) is 0 Å². The van der Waals surface area contributed by atoms with Gasteiger partial charge in [0.25, 0.3) is 0 Å². The molecule has 0 nitrogen and oxygen atoms in total. The molecule has 0 aliphatic heterocycles. The SMILES string of the molecule is Cc1ccc(C(Cl)CC2CC2)cc1C. The van der Waals surface area contributed by atoms with Gasteiger partial charge in [0.05, 0.1) is 5.38 Å². The van der Waals surface area contributed by atoms with E-state index in [0.29, 0.717) is 0 Å². The topological polar surface area (TPSA) is 0 Å². The van der Waals surface area contributed by atoms with Gasteiger partial charge in [0.2, 0.25) is 0 Å². The summed E-state index contributed by atoms with van der Waals surface area (Å²) in [4.78, 5) is 0. The molecule has 1 aliphatic rings. The maximum Gasteiger partial charge on any atom is 0.0588 e. The summed E-state index contributed by atoms with van der Waals surface area (Å²) in [5.74, 6) is 0.902. The van der Waals surface area contributed by atoms with Crippen LogP contribution in [0, 0.1) is 19.8 Å². The predicted molar refractivity (Wildman–Crippen MR) is 61.9 cm³/mol. The third-order valence-electron chi connectivity index (χ3n) is 3.13. The lowest BCUT2D eigenvalue weighted by Crippen LogP contribution is -1.93. The molecule has 0 saturated heterocycles. The highest BCUT2D eigenvalue weighted by molar-refractivity contribution is 6.20. The molecule has 1 saturated carbocycles. The molecule has 14 heavy (non-hydrogen) atoms. The molecule has 1 fully saturated rings. The quantitative estimate of drug-likeness (QED) is 0.647. The van der Waals surface area contributed by atoms with Gasteiger partial charge in [0.1, 0.15) is 0 Å². The summed E-state index contributed by atoms with van der Waals surface area (Å²) >= 11 is 6.37. The van der Waals surface area contributed by atoms with Crippen LogP contribution in [0.5, 0.6) is 0 Å². The van der Waals surface area contributed by atoms with Crippen LogP contribution >= 0.6 is 11.6 Å². The van der Waals surface area contributed by atoms with Crippen molar-refractivity contribution in [1.29, 1.82) is 0 Å². The van der Waals surface area contributed by atoms with E-state index in [0.717, 1.165) is 12.3 Å². The Morgan fingerprint density at radius 3 is 2.57 bits per heavy atom. The fourth-order valence-electron chi connectivity index (χ4n) is 1.74. The van der Waals surface area contributed by atoms with Crippen molar-refractivity contribution in [1.82, 2.24) is 0 Å². The molecule has 0 N–H and O–H groups in total. The first-order chi connectivity index (χ1) is 6.66. The highest BCUT2D eigenvalue weighted by Gasteiger charge is 2.25. The van der Waals surface area contributed by atoms with E-state index in [2.05, 4.69) is 32.0 Å². The molecule has 1 unspecified atom stereocenters. The molecular formula is C13H17Cl. The van der Waals surface area contributed by atoms with E-state index in [9.17, 15) is 0 Å². The van der Waals surface area contributed by atoms with E-state index in [1.807, 2.05) is 0 Å². The van der Waals surface area contributed by atoms with Gasteiger partial charge in [-0.1, -0.05) is 31.0 Å². The van der Waals surface area contributed by atoms with Crippen LogP contribution in [0.2, 0.25) is 0 Å². The zero-order valence-electron chi connectivity index (χ0n) is 8.89. The minimum Gasteiger partial charge on any atom is -0.118 e. The molecule has 1 aromatic carbocycles. The second-order valence-electron chi connectivity index (χ2n) is 4.49. The van der Waals surface area contributed by atoms with Crippen molar-refractivity contribution >= 4 is 11.6 Å². The van der Waals surface area contributed by atoms with Gasteiger partial charge in [0.15, 0.2) is 0 Å². The minimum absolute atomic E-state index is 0.224. The number of aryl methyl sites for hydroxylation is 2. The Kier molecular flexibility index (Phi) is 2.83. The van der Waals surface area contributed by atoms with Gasteiger partial charge in [0, 0.05) is 0 Å². The molecule has 1 aliphatic carbocycles. The van der Waals surface area contributed by atoms with Gasteiger partial charge >= 0.3 is 0 Å². The van der Waals surface area contributed by atoms with Crippen LogP contribution in [0.4, 0.5) is 0 Å². The molecule has 0 radical (unpaired) electrons. The van der Waals surface area contributed by atoms with Gasteiger partial charge < -0.3 is 0 Å². The Labute approximate surface area is 91.3 Å². The summed E-state index contributed by atoms with van der Waals surface area (Å²) in [6, 6.07) is 6.57. The molecule has 1 atom stereocenters. The largest absolute Gasteiger partial charge is 0.118 e. The van der Waals surface area contributed by atoms with E-state index in [4.69, 9.17) is 11.6 Å². The van der Waals surface area contributed by atoms with Crippen molar-refractivity contribution in [2.45, 2.75) is 38.5 Å². The predicted octanol–water partition coefficient (Wildman–Crippen LogP) is 4.38. The molecule has 1 heteroatoms. The Morgan fingerprint density at radius 2 is 2.00 bits per heavy atom. The normalized spacial score (nSPS) is 18.2. The summed E-state index contributed by atoms with van der Waals surface area (Å²) in [5, 5.41) is 0.224. The van der Waals surface area contributed by atoms with Crippen molar-refractivity contribution in [2.24, 2.45) is 5.92 Å². The molecular weight excluding hydrogens is 192 g/mol. The van der Waals surface area contributed by atoms with Crippen LogP contribution in [-0.4, -0.2) is 0 Å². The van der Waals surface area contributed by atoms with Crippen molar-refractivity contribution in [3.8, 4) is 0 Å². The number of rotatable bonds is 3. The van der Waals surface area contributed by atoms with E-state index in [1.165, 1.54) is 29.5 Å². The summed E-state index contributed by atoms with van der Waals surface area (Å²) in [6.07, 6.45) is 3.92. The van der Waals surface area contributed by atoms with Gasteiger partial charge in [-0.25, -0.2) is 0 Å². The number of alkyl halides is 1. The monoisotopic (exact) mass is 208 g/mol. The number of halogens is 1. The number of hydrogen-bond donors (Lipinski definition) is 0. The summed E-state index contributed by atoms with van der Waals surface area (Å²) in [5.41, 5.74) is 4.00. The van der Waals surface area contributed by atoms with Gasteiger partial charge in [-0.2, -0.15) is 0 Å². The Bertz CT molecular complexity index is 326. The van der Waals surface area contributed by atoms with Crippen LogP contribution in [-0.2, 0) is 0 Å². The fraction of sp³-hybridized carbons (Fsp3) is 0.538. The first-order valence-electron chi connectivity index (χ1n) is 5.38. The summed E-state index contributed by atoms with van der Waals surface area (Å²) in [6.45, 7) is 4.29. The van der Waals surface area contributed by atoms with E-state index < -0.39 is 0 Å². The molecule has 0 heterocycles. The van der Waals surface area contributed by atoms with Gasteiger partial charge in [-0.3, -0.25) is 0 Å². The standard InChI is InChI=1S/C13H17Cl/c1-9-3-6-12(7-10(9)2)13(14)8-11-4-5-11/h3,6-7,11,13H,4-5,8H2,1-2H3. The van der Waals surface area contributed by atoms with E-state index in [1.54, 1.807) is 0 Å². The number of benzene rings is 1. The Balaban J connectivity index is 2.10. The third-order valence-corrected chi connectivity index (χ3v) is 3.56. The van der Waals surface area contributed by atoms with Crippen molar-refractivity contribution in [3.63, 3.8) is 0 Å². The molecule has 76 valence electrons. The van der Waals surface area contributed by atoms with E-state index in [-0.39, 0.29) is 5.38 Å². The Hall–Kier alpha value is -0.490. The molecule has 1 aromatic rings.